The van der Waals surface area contributed by atoms with Crippen molar-refractivity contribution in [2.45, 2.75) is 58.5 Å². The van der Waals surface area contributed by atoms with Crippen molar-refractivity contribution in [1.29, 1.82) is 0 Å². The van der Waals surface area contributed by atoms with Gasteiger partial charge in [0.25, 0.3) is 0 Å². The lowest BCUT2D eigenvalue weighted by Gasteiger charge is -2.44. The van der Waals surface area contributed by atoms with Crippen LogP contribution in [-0.2, 0) is 15.8 Å². The van der Waals surface area contributed by atoms with Gasteiger partial charge in [0.05, 0.1) is 18.5 Å². The number of hydrogen-bond acceptors (Lipinski definition) is 6. The zero-order valence-electron chi connectivity index (χ0n) is 16.3. The zero-order chi connectivity index (χ0) is 20.2. The first-order valence-electron chi connectivity index (χ1n) is 9.11. The second-order valence-corrected chi connectivity index (χ2v) is 9.97. The third-order valence-electron chi connectivity index (χ3n) is 5.73. The summed E-state index contributed by atoms with van der Waals surface area (Å²) in [5, 5.41) is -1.55. The lowest BCUT2D eigenvalue weighted by Crippen LogP contribution is -2.48. The van der Waals surface area contributed by atoms with E-state index in [0.717, 1.165) is 0 Å². The summed E-state index contributed by atoms with van der Waals surface area (Å²) in [7, 11) is -4.54. The van der Waals surface area contributed by atoms with Crippen LogP contribution in [0.15, 0.2) is 12.7 Å². The average Bonchev–Trinajstić information content (AvgIpc) is 2.96. The normalized spacial score (nSPS) is 23.5. The second-order valence-electron chi connectivity index (χ2n) is 8.18. The largest absolute Gasteiger partial charge is 0.382 e. The van der Waals surface area contributed by atoms with Crippen LogP contribution in [0.25, 0.3) is 11.2 Å². The molecule has 1 fully saturated rings. The molecule has 1 aliphatic rings. The smallest absolute Gasteiger partial charge is 0.357 e. The van der Waals surface area contributed by atoms with Crippen molar-refractivity contribution in [2.24, 2.45) is 17.8 Å². The molecule has 0 saturated heterocycles. The van der Waals surface area contributed by atoms with E-state index in [2.05, 4.69) is 15.0 Å². The van der Waals surface area contributed by atoms with Crippen molar-refractivity contribution < 1.29 is 19.1 Å². The summed E-state index contributed by atoms with van der Waals surface area (Å²) in [6.07, 6.45) is 3.70. The number of fused-ring (bicyclic) bond motifs is 1. The molecule has 1 saturated carbocycles. The minimum absolute atomic E-state index is 0.151. The van der Waals surface area contributed by atoms with Gasteiger partial charge in [-0.15, -0.1) is 0 Å². The third-order valence-corrected chi connectivity index (χ3v) is 7.77. The maximum absolute atomic E-state index is 12.5. The molecule has 0 amide bonds. The van der Waals surface area contributed by atoms with Crippen molar-refractivity contribution in [3.63, 3.8) is 0 Å². The Hall–Kier alpha value is -1.54. The van der Waals surface area contributed by atoms with Gasteiger partial charge in [0.2, 0.25) is 0 Å². The van der Waals surface area contributed by atoms with E-state index < -0.39 is 18.5 Å². The minimum Gasteiger partial charge on any atom is -0.382 e. The highest BCUT2D eigenvalue weighted by atomic mass is 31.2. The molecule has 4 N–H and O–H groups in total. The SMILES string of the molecule is CC1CC1(Cn1cnc2c(N)ncnc21)OC(C(C)C)(C(C)C)P(=O)(O)O. The molecule has 9 nitrogen and oxygen atoms in total. The molecule has 2 heterocycles. The topological polar surface area (TPSA) is 136 Å². The van der Waals surface area contributed by atoms with E-state index in [1.165, 1.54) is 6.33 Å². The first-order chi connectivity index (χ1) is 12.4. The molecule has 0 radical (unpaired) electrons. The van der Waals surface area contributed by atoms with E-state index in [0.29, 0.717) is 29.9 Å². The lowest BCUT2D eigenvalue weighted by atomic mass is 9.94. The summed E-state index contributed by atoms with van der Waals surface area (Å²) in [6, 6.07) is 0. The van der Waals surface area contributed by atoms with Crippen molar-refractivity contribution >= 4 is 24.6 Å². The van der Waals surface area contributed by atoms with E-state index in [4.69, 9.17) is 10.5 Å². The highest BCUT2D eigenvalue weighted by Crippen LogP contribution is 2.64. The van der Waals surface area contributed by atoms with Gasteiger partial charge in [-0.25, -0.2) is 15.0 Å². The first kappa shape index (κ1) is 20.2. The van der Waals surface area contributed by atoms with Gasteiger partial charge in [0.15, 0.2) is 16.8 Å². The number of imidazole rings is 1. The van der Waals surface area contributed by atoms with Crippen LogP contribution in [0.2, 0.25) is 0 Å². The first-order valence-corrected chi connectivity index (χ1v) is 10.7. The van der Waals surface area contributed by atoms with Crippen molar-refractivity contribution in [3.05, 3.63) is 12.7 Å². The van der Waals surface area contributed by atoms with E-state index in [-0.39, 0.29) is 17.8 Å². The Balaban J connectivity index is 2.00. The molecule has 10 heteroatoms. The Morgan fingerprint density at radius 1 is 1.33 bits per heavy atom. The number of ether oxygens (including phenoxy) is 1. The summed E-state index contributed by atoms with van der Waals surface area (Å²) in [5.74, 6) is -0.273. The fourth-order valence-electron chi connectivity index (χ4n) is 4.12. The number of hydrogen-bond donors (Lipinski definition) is 3. The van der Waals surface area contributed by atoms with Crippen LogP contribution in [-0.4, -0.2) is 40.2 Å². The Labute approximate surface area is 158 Å². The fraction of sp³-hybridized carbons (Fsp3) is 0.706. The van der Waals surface area contributed by atoms with E-state index in [9.17, 15) is 14.4 Å². The molecule has 0 bridgehead atoms. The predicted octanol–water partition coefficient (Wildman–Crippen LogP) is 2.39. The van der Waals surface area contributed by atoms with Gasteiger partial charge < -0.3 is 24.8 Å². The highest BCUT2D eigenvalue weighted by Gasteiger charge is 2.63. The van der Waals surface area contributed by atoms with Crippen LogP contribution in [0.4, 0.5) is 5.82 Å². The predicted molar refractivity (Wildman–Crippen MR) is 102 cm³/mol. The number of rotatable bonds is 7. The quantitative estimate of drug-likeness (QED) is 0.606. The van der Waals surface area contributed by atoms with Crippen molar-refractivity contribution in [2.75, 3.05) is 5.73 Å². The molecule has 2 atom stereocenters. The minimum atomic E-state index is -4.54. The van der Waals surface area contributed by atoms with Crippen LogP contribution in [0.5, 0.6) is 0 Å². The fourth-order valence-corrected chi connectivity index (χ4v) is 5.76. The molecule has 3 rings (SSSR count). The molecule has 0 aliphatic heterocycles. The monoisotopic (exact) mass is 397 g/mol. The maximum Gasteiger partial charge on any atom is 0.357 e. The standard InChI is InChI=1S/C17H28N5O4P/c1-10(2)17(11(3)4,27(23,24)25)26-16(6-12(16)5)7-22-9-21-13-14(18)19-8-20-15(13)22/h8-12H,6-7H2,1-5H3,(H2,18,19,20)(H2,23,24,25). The van der Waals surface area contributed by atoms with Crippen LogP contribution >= 0.6 is 7.60 Å². The molecular weight excluding hydrogens is 369 g/mol. The Bertz CT molecular complexity index is 885. The third kappa shape index (κ3) is 3.16. The summed E-state index contributed by atoms with van der Waals surface area (Å²) in [4.78, 5) is 32.9. The van der Waals surface area contributed by atoms with Crippen LogP contribution in [0.1, 0.15) is 41.0 Å². The summed E-state index contributed by atoms with van der Waals surface area (Å²) < 4.78 is 20.7. The molecule has 27 heavy (non-hydrogen) atoms. The molecular formula is C17H28N5O4P. The number of nitrogen functional groups attached to an aromatic ring is 1. The number of aromatic nitrogens is 4. The van der Waals surface area contributed by atoms with Crippen molar-refractivity contribution in [1.82, 2.24) is 19.5 Å². The van der Waals surface area contributed by atoms with Gasteiger partial charge in [0.1, 0.15) is 11.8 Å². The summed E-state index contributed by atoms with van der Waals surface area (Å²) >= 11 is 0. The van der Waals surface area contributed by atoms with Crippen LogP contribution in [0, 0.1) is 17.8 Å². The number of nitrogens with two attached hydrogens (primary N) is 1. The van der Waals surface area contributed by atoms with Gasteiger partial charge in [0, 0.05) is 0 Å². The molecule has 0 aromatic carbocycles. The van der Waals surface area contributed by atoms with Gasteiger partial charge in [-0.05, 0) is 24.2 Å². The molecule has 2 aromatic heterocycles. The van der Waals surface area contributed by atoms with E-state index >= 15 is 0 Å². The molecule has 2 aromatic rings. The summed E-state index contributed by atoms with van der Waals surface area (Å²) in [6.45, 7) is 9.58. The summed E-state index contributed by atoms with van der Waals surface area (Å²) in [5.41, 5.74) is 6.25. The van der Waals surface area contributed by atoms with Crippen LogP contribution < -0.4 is 5.73 Å². The zero-order valence-corrected chi connectivity index (χ0v) is 17.2. The Morgan fingerprint density at radius 2 is 1.93 bits per heavy atom. The van der Waals surface area contributed by atoms with E-state index in [1.807, 2.05) is 11.5 Å². The van der Waals surface area contributed by atoms with Gasteiger partial charge in [-0.1, -0.05) is 34.6 Å². The molecule has 150 valence electrons. The second kappa shape index (κ2) is 6.51. The van der Waals surface area contributed by atoms with E-state index in [1.54, 1.807) is 34.0 Å². The Kier molecular flexibility index (Phi) is 4.87. The van der Waals surface area contributed by atoms with Crippen LogP contribution in [0.3, 0.4) is 0 Å². The van der Waals surface area contributed by atoms with Gasteiger partial charge >= 0.3 is 7.60 Å². The van der Waals surface area contributed by atoms with Gasteiger partial charge in [-0.2, -0.15) is 0 Å². The van der Waals surface area contributed by atoms with Crippen molar-refractivity contribution in [3.8, 4) is 0 Å². The number of anilines is 1. The lowest BCUT2D eigenvalue weighted by molar-refractivity contribution is -0.129. The number of nitrogens with zero attached hydrogens (tertiary/aromatic N) is 4. The Morgan fingerprint density at radius 3 is 2.41 bits per heavy atom. The molecule has 2 unspecified atom stereocenters. The molecule has 0 spiro atoms. The maximum atomic E-state index is 12.5. The average molecular weight is 397 g/mol. The highest BCUT2D eigenvalue weighted by molar-refractivity contribution is 7.53. The van der Waals surface area contributed by atoms with Gasteiger partial charge in [-0.3, -0.25) is 4.57 Å². The molecule has 1 aliphatic carbocycles.